The number of thiazole rings is 1. The van der Waals surface area contributed by atoms with Gasteiger partial charge in [-0.15, -0.1) is 11.3 Å². The molecule has 1 saturated heterocycles. The predicted molar refractivity (Wildman–Crippen MR) is 102 cm³/mol. The number of carbonyl (C=O) groups excluding carboxylic acids is 1. The number of benzene rings is 1. The minimum atomic E-state index is -2.21. The maximum atomic E-state index is 13.1. The number of hydrogen-bond acceptors (Lipinski definition) is 5. The second-order valence-corrected chi connectivity index (χ2v) is 7.61. The van der Waals surface area contributed by atoms with Gasteiger partial charge < -0.3 is 14.6 Å². The van der Waals surface area contributed by atoms with E-state index in [1.165, 1.54) is 12.1 Å². The Morgan fingerprint density at radius 2 is 2.33 bits per heavy atom. The van der Waals surface area contributed by atoms with E-state index >= 15 is 0 Å². The molecule has 0 saturated carbocycles. The fraction of sp³-hybridized carbons (Fsp3) is 0.294. The van der Waals surface area contributed by atoms with Crippen LogP contribution in [0.2, 0.25) is 0 Å². The minimum absolute atomic E-state index is 0.159. The number of amides is 2. The number of aromatic nitrogens is 1. The van der Waals surface area contributed by atoms with Gasteiger partial charge in [0.2, 0.25) is 0 Å². The highest BCUT2D eigenvalue weighted by atomic mass is 32.2. The van der Waals surface area contributed by atoms with Gasteiger partial charge in [0.1, 0.15) is 5.82 Å². The first-order valence-electron chi connectivity index (χ1n) is 8.14. The van der Waals surface area contributed by atoms with Crippen molar-refractivity contribution in [2.75, 3.05) is 11.9 Å². The lowest BCUT2D eigenvalue weighted by Crippen LogP contribution is -2.28. The SMILES string of the molecule is CC1OCCC1=C(c1csc(NC(=O)NCc2cccc(F)c2)n1)S(=O)O. The molecule has 3 rings (SSSR count). The maximum Gasteiger partial charge on any atom is 0.321 e. The van der Waals surface area contributed by atoms with Crippen molar-refractivity contribution < 1.29 is 22.7 Å². The van der Waals surface area contributed by atoms with Crippen LogP contribution in [0.4, 0.5) is 14.3 Å². The Balaban J connectivity index is 1.66. The third kappa shape index (κ3) is 4.98. The van der Waals surface area contributed by atoms with Gasteiger partial charge in [0, 0.05) is 11.9 Å². The fourth-order valence-electron chi connectivity index (χ4n) is 2.72. The molecule has 1 aliphatic rings. The van der Waals surface area contributed by atoms with Crippen LogP contribution in [0.3, 0.4) is 0 Å². The lowest BCUT2D eigenvalue weighted by Gasteiger charge is -2.09. The Hall–Kier alpha value is -2.14. The van der Waals surface area contributed by atoms with Crippen molar-refractivity contribution in [3.63, 3.8) is 0 Å². The van der Waals surface area contributed by atoms with E-state index in [4.69, 9.17) is 4.74 Å². The van der Waals surface area contributed by atoms with Crippen molar-refractivity contribution in [2.45, 2.75) is 26.0 Å². The van der Waals surface area contributed by atoms with Gasteiger partial charge in [-0.25, -0.2) is 18.4 Å². The average Bonchev–Trinajstić information content (AvgIpc) is 3.23. The lowest BCUT2D eigenvalue weighted by molar-refractivity contribution is 0.138. The van der Waals surface area contributed by atoms with Crippen LogP contribution in [0.25, 0.3) is 4.91 Å². The van der Waals surface area contributed by atoms with E-state index in [9.17, 15) is 17.9 Å². The smallest absolute Gasteiger partial charge is 0.321 e. The average molecular weight is 411 g/mol. The predicted octanol–water partition coefficient (Wildman–Crippen LogP) is 3.35. The van der Waals surface area contributed by atoms with Gasteiger partial charge in [-0.2, -0.15) is 0 Å². The maximum absolute atomic E-state index is 13.1. The fourth-order valence-corrected chi connectivity index (χ4v) is 4.27. The van der Waals surface area contributed by atoms with Crippen LogP contribution in [-0.2, 0) is 22.4 Å². The van der Waals surface area contributed by atoms with E-state index in [1.807, 2.05) is 6.92 Å². The summed E-state index contributed by atoms with van der Waals surface area (Å²) in [6.45, 7) is 2.47. The molecule has 1 fully saturated rings. The lowest BCUT2D eigenvalue weighted by atomic mass is 10.1. The number of nitrogens with one attached hydrogen (secondary N) is 2. The summed E-state index contributed by atoms with van der Waals surface area (Å²) in [4.78, 5) is 16.5. The highest BCUT2D eigenvalue weighted by Gasteiger charge is 2.26. The number of anilines is 1. The first-order valence-corrected chi connectivity index (χ1v) is 10.1. The molecule has 1 aliphatic heterocycles. The zero-order valence-corrected chi connectivity index (χ0v) is 16.0. The molecule has 0 bridgehead atoms. The van der Waals surface area contributed by atoms with Gasteiger partial charge in [0.15, 0.2) is 16.2 Å². The molecule has 0 aliphatic carbocycles. The van der Waals surface area contributed by atoms with Gasteiger partial charge in [0.25, 0.3) is 0 Å². The molecule has 1 aromatic heterocycles. The van der Waals surface area contributed by atoms with Crippen molar-refractivity contribution in [2.24, 2.45) is 0 Å². The van der Waals surface area contributed by atoms with E-state index in [0.29, 0.717) is 24.3 Å². The second-order valence-electron chi connectivity index (χ2n) is 5.84. The molecule has 2 heterocycles. The van der Waals surface area contributed by atoms with E-state index in [0.717, 1.165) is 16.9 Å². The molecular weight excluding hydrogens is 393 g/mol. The van der Waals surface area contributed by atoms with Crippen molar-refractivity contribution >= 4 is 38.5 Å². The summed E-state index contributed by atoms with van der Waals surface area (Å²) in [6, 6.07) is 5.42. The molecular formula is C17H18FN3O4S2. The third-order valence-electron chi connectivity index (χ3n) is 4.00. The Morgan fingerprint density at radius 1 is 1.52 bits per heavy atom. The van der Waals surface area contributed by atoms with E-state index in [2.05, 4.69) is 15.6 Å². The van der Waals surface area contributed by atoms with Crippen LogP contribution < -0.4 is 10.6 Å². The molecule has 144 valence electrons. The molecule has 3 N–H and O–H groups in total. The topological polar surface area (TPSA) is 101 Å². The zero-order valence-electron chi connectivity index (χ0n) is 14.4. The Bertz CT molecular complexity index is 900. The first kappa shape index (κ1) is 19.6. The highest BCUT2D eigenvalue weighted by molar-refractivity contribution is 7.89. The molecule has 10 heteroatoms. The second kappa shape index (κ2) is 8.70. The molecule has 7 nitrogen and oxygen atoms in total. The van der Waals surface area contributed by atoms with Gasteiger partial charge >= 0.3 is 6.03 Å². The number of rotatable bonds is 5. The van der Waals surface area contributed by atoms with Gasteiger partial charge in [-0.05, 0) is 36.6 Å². The number of ether oxygens (including phenoxy) is 1. The van der Waals surface area contributed by atoms with Gasteiger partial charge in [0.05, 0.1) is 23.3 Å². The molecule has 2 aromatic rings. The van der Waals surface area contributed by atoms with E-state index < -0.39 is 17.1 Å². The molecule has 1 aromatic carbocycles. The number of halogens is 1. The van der Waals surface area contributed by atoms with Crippen LogP contribution in [0.1, 0.15) is 24.6 Å². The monoisotopic (exact) mass is 411 g/mol. The third-order valence-corrected chi connectivity index (χ3v) is 5.57. The summed E-state index contributed by atoms with van der Waals surface area (Å²) >= 11 is -1.07. The first-order chi connectivity index (χ1) is 12.9. The van der Waals surface area contributed by atoms with E-state index in [-0.39, 0.29) is 28.5 Å². The Labute approximate surface area is 161 Å². The zero-order chi connectivity index (χ0) is 19.4. The minimum Gasteiger partial charge on any atom is -0.374 e. The molecule has 2 amide bonds. The van der Waals surface area contributed by atoms with Gasteiger partial charge in [-0.1, -0.05) is 12.1 Å². The van der Waals surface area contributed by atoms with Crippen LogP contribution >= 0.6 is 11.3 Å². The summed E-state index contributed by atoms with van der Waals surface area (Å²) < 4.78 is 40.0. The van der Waals surface area contributed by atoms with Crippen LogP contribution in [0.5, 0.6) is 0 Å². The Kier molecular flexibility index (Phi) is 6.32. The van der Waals surface area contributed by atoms with Crippen LogP contribution in [0, 0.1) is 5.82 Å². The summed E-state index contributed by atoms with van der Waals surface area (Å²) in [6.07, 6.45) is 0.320. The molecule has 0 spiro atoms. The highest BCUT2D eigenvalue weighted by Crippen LogP contribution is 2.32. The largest absolute Gasteiger partial charge is 0.374 e. The summed E-state index contributed by atoms with van der Waals surface area (Å²) in [5.74, 6) is -0.373. The van der Waals surface area contributed by atoms with Crippen molar-refractivity contribution in [3.05, 3.63) is 52.3 Å². The number of urea groups is 1. The van der Waals surface area contributed by atoms with Crippen LogP contribution in [-0.4, -0.2) is 32.5 Å². The molecule has 27 heavy (non-hydrogen) atoms. The summed E-state index contributed by atoms with van der Waals surface area (Å²) in [5, 5.41) is 7.08. The molecule has 2 atom stereocenters. The normalized spacial score (nSPS) is 19.6. The quantitative estimate of drug-likeness (QED) is 0.655. The van der Waals surface area contributed by atoms with Gasteiger partial charge in [-0.3, -0.25) is 5.32 Å². The van der Waals surface area contributed by atoms with Crippen molar-refractivity contribution in [3.8, 4) is 0 Å². The number of carbonyl (C=O) groups is 1. The number of hydrogen-bond donors (Lipinski definition) is 3. The van der Waals surface area contributed by atoms with Crippen LogP contribution in [0.15, 0.2) is 35.2 Å². The molecule has 2 unspecified atom stereocenters. The van der Waals surface area contributed by atoms with E-state index in [1.54, 1.807) is 17.5 Å². The summed E-state index contributed by atoms with van der Waals surface area (Å²) in [5.41, 5.74) is 1.71. The Morgan fingerprint density at radius 3 is 3.00 bits per heavy atom. The standard InChI is InChI=1S/C17H18FN3O4S2/c1-10-13(5-6-25-10)15(27(23)24)14-9-26-17(20-14)21-16(22)19-8-11-3-2-4-12(18)7-11/h2-4,7,9-10H,5-6,8H2,1H3,(H,23,24)(H2,19,20,21,22). The van der Waals surface area contributed by atoms with Crippen molar-refractivity contribution in [1.29, 1.82) is 0 Å². The van der Waals surface area contributed by atoms with Crippen molar-refractivity contribution in [1.82, 2.24) is 10.3 Å². The molecule has 0 radical (unpaired) electrons. The number of nitrogens with zero attached hydrogens (tertiary/aromatic N) is 1. The summed E-state index contributed by atoms with van der Waals surface area (Å²) in [7, 11) is 0.